The van der Waals surface area contributed by atoms with E-state index in [0.717, 1.165) is 0 Å². The van der Waals surface area contributed by atoms with Crippen LogP contribution in [0.3, 0.4) is 0 Å². The molecule has 5 nitrogen and oxygen atoms in total. The Morgan fingerprint density at radius 3 is 2.71 bits per heavy atom. The second kappa shape index (κ2) is 5.90. The van der Waals surface area contributed by atoms with Crippen molar-refractivity contribution in [1.82, 2.24) is 0 Å². The first-order valence-electron chi connectivity index (χ1n) is 4.17. The molecule has 0 aliphatic rings. The average molecular weight is 198 g/mol. The van der Waals surface area contributed by atoms with Gasteiger partial charge in [0.25, 0.3) is 0 Å². The van der Waals surface area contributed by atoms with Crippen LogP contribution in [0.15, 0.2) is 29.5 Å². The molecule has 5 heteroatoms. The van der Waals surface area contributed by atoms with E-state index < -0.39 is 11.0 Å². The molecule has 0 spiro atoms. The summed E-state index contributed by atoms with van der Waals surface area (Å²) < 4.78 is 0. The average Bonchev–Trinajstić information content (AvgIpc) is 2.15. The fraction of sp³-hybridized carbons (Fsp3) is 0.444. The van der Waals surface area contributed by atoms with Gasteiger partial charge >= 0.3 is 0 Å². The maximum absolute atomic E-state index is 10.4. The lowest BCUT2D eigenvalue weighted by molar-refractivity contribution is -0.504. The van der Waals surface area contributed by atoms with E-state index in [-0.39, 0.29) is 0 Å². The van der Waals surface area contributed by atoms with Crippen molar-refractivity contribution in [2.45, 2.75) is 26.3 Å². The quantitative estimate of drug-likeness (QED) is 0.241. The van der Waals surface area contributed by atoms with Crippen LogP contribution in [0.2, 0.25) is 0 Å². The van der Waals surface area contributed by atoms with Gasteiger partial charge in [0.1, 0.15) is 0 Å². The lowest BCUT2D eigenvalue weighted by Gasteiger charge is -2.03. The van der Waals surface area contributed by atoms with Gasteiger partial charge in [0.15, 0.2) is 0 Å². The SMILES string of the molecule is C=CCC(=C\C(C)[N+](=O)[O-])/C(C)=N/O. The molecule has 0 fully saturated rings. The topological polar surface area (TPSA) is 75.7 Å². The number of hydrogen-bond donors (Lipinski definition) is 1. The largest absolute Gasteiger partial charge is 0.411 e. The van der Waals surface area contributed by atoms with E-state index >= 15 is 0 Å². The van der Waals surface area contributed by atoms with Gasteiger partial charge in [0.2, 0.25) is 6.04 Å². The number of allylic oxidation sites excluding steroid dienone is 2. The van der Waals surface area contributed by atoms with Crippen molar-refractivity contribution in [3.05, 3.63) is 34.4 Å². The van der Waals surface area contributed by atoms with Crippen molar-refractivity contribution in [3.8, 4) is 0 Å². The molecule has 1 unspecified atom stereocenters. The Morgan fingerprint density at radius 1 is 1.79 bits per heavy atom. The molecular formula is C9H14N2O3. The first-order valence-corrected chi connectivity index (χ1v) is 4.17. The highest BCUT2D eigenvalue weighted by molar-refractivity contribution is 5.98. The van der Waals surface area contributed by atoms with Crippen LogP contribution in [0.1, 0.15) is 20.3 Å². The lowest BCUT2D eigenvalue weighted by Crippen LogP contribution is -2.13. The van der Waals surface area contributed by atoms with E-state index in [2.05, 4.69) is 11.7 Å². The van der Waals surface area contributed by atoms with Crippen LogP contribution in [0.5, 0.6) is 0 Å². The first-order chi connectivity index (χ1) is 6.52. The maximum Gasteiger partial charge on any atom is 0.229 e. The second-order valence-electron chi connectivity index (χ2n) is 2.90. The van der Waals surface area contributed by atoms with Crippen LogP contribution in [0.25, 0.3) is 0 Å². The van der Waals surface area contributed by atoms with Crippen molar-refractivity contribution in [2.24, 2.45) is 5.16 Å². The van der Waals surface area contributed by atoms with E-state index in [4.69, 9.17) is 5.21 Å². The molecule has 0 aliphatic heterocycles. The third-order valence-electron chi connectivity index (χ3n) is 1.75. The molecule has 0 aromatic heterocycles. The molecular weight excluding hydrogens is 184 g/mol. The molecule has 0 amide bonds. The Morgan fingerprint density at radius 2 is 2.36 bits per heavy atom. The highest BCUT2D eigenvalue weighted by Crippen LogP contribution is 2.07. The van der Waals surface area contributed by atoms with E-state index in [0.29, 0.717) is 17.7 Å². The molecule has 0 saturated carbocycles. The third kappa shape index (κ3) is 3.84. The summed E-state index contributed by atoms with van der Waals surface area (Å²) in [7, 11) is 0. The van der Waals surface area contributed by atoms with Crippen LogP contribution >= 0.6 is 0 Å². The first kappa shape index (κ1) is 12.3. The van der Waals surface area contributed by atoms with Gasteiger partial charge in [-0.05, 0) is 25.0 Å². The number of nitro groups is 1. The number of nitrogens with zero attached hydrogens (tertiary/aromatic N) is 2. The predicted octanol–water partition coefficient (Wildman–Crippen LogP) is 2.00. The van der Waals surface area contributed by atoms with Crippen LogP contribution in [0, 0.1) is 10.1 Å². The maximum atomic E-state index is 10.4. The molecule has 0 radical (unpaired) electrons. The Labute approximate surface area is 82.6 Å². The van der Waals surface area contributed by atoms with Crippen LogP contribution < -0.4 is 0 Å². The molecule has 0 heterocycles. The molecule has 1 N–H and O–H groups in total. The number of rotatable bonds is 5. The minimum absolute atomic E-state index is 0.374. The van der Waals surface area contributed by atoms with Crippen molar-refractivity contribution >= 4 is 5.71 Å². The standard InChI is InChI=1S/C9H14N2O3/c1-4-5-9(8(3)10-12)6-7(2)11(13)14/h4,6-7,12H,1,5H2,2-3H3/b9-6+,10-8+. The van der Waals surface area contributed by atoms with E-state index in [9.17, 15) is 10.1 Å². The zero-order valence-electron chi connectivity index (χ0n) is 8.30. The van der Waals surface area contributed by atoms with Gasteiger partial charge < -0.3 is 5.21 Å². The van der Waals surface area contributed by atoms with Crippen LogP contribution in [0.4, 0.5) is 0 Å². The molecule has 0 aliphatic carbocycles. The number of oxime groups is 1. The molecule has 78 valence electrons. The number of hydrogen-bond acceptors (Lipinski definition) is 4. The van der Waals surface area contributed by atoms with Crippen molar-refractivity contribution in [3.63, 3.8) is 0 Å². The van der Waals surface area contributed by atoms with Gasteiger partial charge in [-0.2, -0.15) is 0 Å². The lowest BCUT2D eigenvalue weighted by atomic mass is 10.1. The van der Waals surface area contributed by atoms with Gasteiger partial charge in [0, 0.05) is 11.8 Å². The Bertz CT molecular complexity index is 282. The summed E-state index contributed by atoms with van der Waals surface area (Å²) >= 11 is 0. The van der Waals surface area contributed by atoms with Crippen LogP contribution in [-0.2, 0) is 0 Å². The summed E-state index contributed by atoms with van der Waals surface area (Å²) in [5.41, 5.74) is 0.991. The Balaban J connectivity index is 4.80. The van der Waals surface area contributed by atoms with Crippen molar-refractivity contribution in [1.29, 1.82) is 0 Å². The molecule has 0 bridgehead atoms. The third-order valence-corrected chi connectivity index (χ3v) is 1.75. The fourth-order valence-corrected chi connectivity index (χ4v) is 0.908. The highest BCUT2D eigenvalue weighted by Gasteiger charge is 2.11. The van der Waals surface area contributed by atoms with Gasteiger partial charge in [-0.1, -0.05) is 11.2 Å². The van der Waals surface area contributed by atoms with E-state index in [1.165, 1.54) is 13.0 Å². The van der Waals surface area contributed by atoms with E-state index in [1.54, 1.807) is 13.0 Å². The monoisotopic (exact) mass is 198 g/mol. The molecule has 0 aromatic rings. The summed E-state index contributed by atoms with van der Waals surface area (Å²) in [5, 5.41) is 21.9. The highest BCUT2D eigenvalue weighted by atomic mass is 16.6. The Kier molecular flexibility index (Phi) is 5.21. The van der Waals surface area contributed by atoms with Gasteiger partial charge in [0.05, 0.1) is 5.71 Å². The smallest absolute Gasteiger partial charge is 0.229 e. The summed E-state index contributed by atoms with van der Waals surface area (Å²) in [4.78, 5) is 9.97. The van der Waals surface area contributed by atoms with Gasteiger partial charge in [-0.15, -0.1) is 6.58 Å². The van der Waals surface area contributed by atoms with Crippen LogP contribution in [-0.4, -0.2) is 21.9 Å². The minimum Gasteiger partial charge on any atom is -0.411 e. The van der Waals surface area contributed by atoms with Gasteiger partial charge in [-0.25, -0.2) is 0 Å². The second-order valence-corrected chi connectivity index (χ2v) is 2.90. The van der Waals surface area contributed by atoms with Crippen molar-refractivity contribution in [2.75, 3.05) is 0 Å². The predicted molar refractivity (Wildman–Crippen MR) is 54.2 cm³/mol. The van der Waals surface area contributed by atoms with Gasteiger partial charge in [-0.3, -0.25) is 10.1 Å². The van der Waals surface area contributed by atoms with E-state index in [1.807, 2.05) is 0 Å². The minimum atomic E-state index is -0.790. The Hall–Kier alpha value is -1.65. The molecule has 0 saturated heterocycles. The molecule has 0 rings (SSSR count). The summed E-state index contributed by atoms with van der Waals surface area (Å²) in [5.74, 6) is 0. The molecule has 0 aromatic carbocycles. The fourth-order valence-electron chi connectivity index (χ4n) is 0.908. The summed E-state index contributed by atoms with van der Waals surface area (Å²) in [6.45, 7) is 6.57. The summed E-state index contributed by atoms with van der Waals surface area (Å²) in [6.07, 6.45) is 3.51. The molecule has 14 heavy (non-hydrogen) atoms. The normalized spacial score (nSPS) is 15.0. The van der Waals surface area contributed by atoms with Crippen molar-refractivity contribution < 1.29 is 10.1 Å². The zero-order chi connectivity index (χ0) is 11.1. The zero-order valence-corrected chi connectivity index (χ0v) is 8.30. The summed E-state index contributed by atoms with van der Waals surface area (Å²) in [6, 6.07) is -0.790. The molecule has 1 atom stereocenters.